The molecule has 0 bridgehead atoms. The number of aromatic nitrogens is 2. The first-order valence-electron chi connectivity index (χ1n) is 9.99. The van der Waals surface area contributed by atoms with Crippen LogP contribution in [0.5, 0.6) is 0 Å². The molecule has 0 aliphatic carbocycles. The normalized spacial score (nSPS) is 16.7. The summed E-state index contributed by atoms with van der Waals surface area (Å²) in [5, 5.41) is 7.13. The molecule has 1 N–H and O–H groups in total. The number of halogens is 1. The number of nitrogens with zero attached hydrogens (tertiary/aromatic N) is 3. The molecule has 1 aromatic heterocycles. The molecular weight excluding hydrogens is 383 g/mol. The SMILES string of the molecule is CCc1ccc(-c2noc(C3=C(C)N(CC)C(=O)NC3c3ccc(F)cc3)n2)cc1. The first kappa shape index (κ1) is 19.8. The standard InChI is InChI=1S/C23H23FN4O2/c1-4-15-6-8-17(9-7-15)21-26-22(30-27-21)19-14(3)28(5-2)23(29)25-20(19)16-10-12-18(24)13-11-16/h6-13,20H,4-5H2,1-3H3,(H,25,29). The number of carbonyl (C=O) groups is 1. The van der Waals surface area contributed by atoms with Gasteiger partial charge in [0.2, 0.25) is 5.82 Å². The van der Waals surface area contributed by atoms with Crippen molar-refractivity contribution in [2.45, 2.75) is 33.2 Å². The van der Waals surface area contributed by atoms with Gasteiger partial charge in [-0.05, 0) is 43.5 Å². The Morgan fingerprint density at radius 1 is 1.10 bits per heavy atom. The Morgan fingerprint density at radius 3 is 2.43 bits per heavy atom. The number of carbonyl (C=O) groups excluding carboxylic acids is 1. The third kappa shape index (κ3) is 3.58. The van der Waals surface area contributed by atoms with E-state index in [0.717, 1.165) is 23.2 Å². The Kier molecular flexibility index (Phi) is 5.35. The van der Waals surface area contributed by atoms with Gasteiger partial charge in [0.15, 0.2) is 0 Å². The molecule has 1 unspecified atom stereocenters. The maximum atomic E-state index is 13.4. The van der Waals surface area contributed by atoms with Crippen molar-refractivity contribution >= 4 is 11.6 Å². The van der Waals surface area contributed by atoms with Crippen LogP contribution in [0.4, 0.5) is 9.18 Å². The van der Waals surface area contributed by atoms with Gasteiger partial charge in [0.25, 0.3) is 5.89 Å². The fourth-order valence-corrected chi connectivity index (χ4v) is 3.68. The lowest BCUT2D eigenvalue weighted by Gasteiger charge is -2.34. The Balaban J connectivity index is 1.78. The second kappa shape index (κ2) is 8.10. The van der Waals surface area contributed by atoms with Crippen LogP contribution in [-0.2, 0) is 6.42 Å². The van der Waals surface area contributed by atoms with Crippen molar-refractivity contribution in [2.75, 3.05) is 6.54 Å². The number of nitrogens with one attached hydrogen (secondary N) is 1. The number of urea groups is 1. The van der Waals surface area contributed by atoms with Crippen LogP contribution in [0.3, 0.4) is 0 Å². The Morgan fingerprint density at radius 2 is 1.80 bits per heavy atom. The largest absolute Gasteiger partial charge is 0.334 e. The smallest absolute Gasteiger partial charge is 0.322 e. The minimum atomic E-state index is -0.517. The lowest BCUT2D eigenvalue weighted by molar-refractivity contribution is 0.207. The van der Waals surface area contributed by atoms with Gasteiger partial charge in [-0.15, -0.1) is 0 Å². The molecule has 2 amide bonds. The fraction of sp³-hybridized carbons (Fsp3) is 0.261. The molecule has 2 aromatic carbocycles. The van der Waals surface area contributed by atoms with Crippen molar-refractivity contribution in [3.63, 3.8) is 0 Å². The lowest BCUT2D eigenvalue weighted by atomic mass is 9.94. The summed E-state index contributed by atoms with van der Waals surface area (Å²) in [5.41, 5.74) is 4.25. The van der Waals surface area contributed by atoms with Gasteiger partial charge in [-0.1, -0.05) is 48.5 Å². The highest BCUT2D eigenvalue weighted by Crippen LogP contribution is 2.37. The molecule has 3 aromatic rings. The highest BCUT2D eigenvalue weighted by atomic mass is 19.1. The Labute approximate surface area is 174 Å². The van der Waals surface area contributed by atoms with Gasteiger partial charge in [0.1, 0.15) is 5.82 Å². The monoisotopic (exact) mass is 406 g/mol. The van der Waals surface area contributed by atoms with E-state index in [2.05, 4.69) is 22.4 Å². The van der Waals surface area contributed by atoms with Crippen molar-refractivity contribution < 1.29 is 13.7 Å². The molecule has 1 aliphatic heterocycles. The number of hydrogen-bond acceptors (Lipinski definition) is 4. The summed E-state index contributed by atoms with van der Waals surface area (Å²) in [5.74, 6) is 0.467. The first-order chi connectivity index (χ1) is 14.5. The van der Waals surface area contributed by atoms with Crippen molar-refractivity contribution in [1.82, 2.24) is 20.4 Å². The van der Waals surface area contributed by atoms with E-state index in [-0.39, 0.29) is 11.8 Å². The number of allylic oxidation sites excluding steroid dienone is 1. The van der Waals surface area contributed by atoms with Gasteiger partial charge in [-0.25, -0.2) is 9.18 Å². The van der Waals surface area contributed by atoms with E-state index in [0.29, 0.717) is 23.8 Å². The molecule has 0 saturated carbocycles. The number of hydrogen-bond donors (Lipinski definition) is 1. The number of rotatable bonds is 5. The number of aryl methyl sites for hydroxylation is 1. The highest BCUT2D eigenvalue weighted by molar-refractivity contribution is 5.86. The van der Waals surface area contributed by atoms with Crippen LogP contribution in [0.15, 0.2) is 58.8 Å². The Hall–Kier alpha value is -3.48. The van der Waals surface area contributed by atoms with Gasteiger partial charge < -0.3 is 9.84 Å². The number of benzene rings is 2. The van der Waals surface area contributed by atoms with Crippen LogP contribution >= 0.6 is 0 Å². The van der Waals surface area contributed by atoms with Crippen LogP contribution in [0.1, 0.15) is 43.8 Å². The molecule has 2 heterocycles. The van der Waals surface area contributed by atoms with E-state index in [4.69, 9.17) is 4.52 Å². The van der Waals surface area contributed by atoms with E-state index < -0.39 is 6.04 Å². The minimum Gasteiger partial charge on any atom is -0.334 e. The van der Waals surface area contributed by atoms with E-state index in [1.807, 2.05) is 38.1 Å². The topological polar surface area (TPSA) is 71.3 Å². The third-order valence-electron chi connectivity index (χ3n) is 5.39. The second-order valence-corrected chi connectivity index (χ2v) is 7.15. The van der Waals surface area contributed by atoms with Gasteiger partial charge in [-0.2, -0.15) is 4.98 Å². The first-order valence-corrected chi connectivity index (χ1v) is 9.99. The molecule has 7 heteroatoms. The van der Waals surface area contributed by atoms with Gasteiger partial charge in [0, 0.05) is 17.8 Å². The third-order valence-corrected chi connectivity index (χ3v) is 5.39. The van der Waals surface area contributed by atoms with Crippen molar-refractivity contribution in [3.8, 4) is 11.4 Å². The minimum absolute atomic E-state index is 0.219. The summed E-state index contributed by atoms with van der Waals surface area (Å²) in [7, 11) is 0. The van der Waals surface area contributed by atoms with Gasteiger partial charge >= 0.3 is 6.03 Å². The lowest BCUT2D eigenvalue weighted by Crippen LogP contribution is -2.45. The molecule has 6 nitrogen and oxygen atoms in total. The zero-order valence-electron chi connectivity index (χ0n) is 17.1. The predicted molar refractivity (Wildman–Crippen MR) is 112 cm³/mol. The van der Waals surface area contributed by atoms with E-state index in [1.165, 1.54) is 17.7 Å². The van der Waals surface area contributed by atoms with E-state index in [9.17, 15) is 9.18 Å². The summed E-state index contributed by atoms with van der Waals surface area (Å²) in [6.45, 7) is 6.35. The maximum absolute atomic E-state index is 13.4. The molecule has 0 spiro atoms. The van der Waals surface area contributed by atoms with Crippen LogP contribution in [0.2, 0.25) is 0 Å². The van der Waals surface area contributed by atoms with E-state index >= 15 is 0 Å². The fourth-order valence-electron chi connectivity index (χ4n) is 3.68. The average molecular weight is 406 g/mol. The molecule has 0 saturated heterocycles. The summed E-state index contributed by atoms with van der Waals surface area (Å²) in [4.78, 5) is 18.8. The summed E-state index contributed by atoms with van der Waals surface area (Å²) in [6, 6.07) is 13.3. The molecule has 1 aliphatic rings. The molecule has 30 heavy (non-hydrogen) atoms. The second-order valence-electron chi connectivity index (χ2n) is 7.15. The van der Waals surface area contributed by atoms with Crippen LogP contribution in [-0.4, -0.2) is 27.6 Å². The maximum Gasteiger partial charge on any atom is 0.322 e. The van der Waals surface area contributed by atoms with Crippen molar-refractivity contribution in [2.24, 2.45) is 0 Å². The number of amides is 2. The van der Waals surface area contributed by atoms with Gasteiger partial charge in [0.05, 0.1) is 11.6 Å². The average Bonchev–Trinajstić information content (AvgIpc) is 3.24. The summed E-state index contributed by atoms with van der Waals surface area (Å²) in [6.07, 6.45) is 0.954. The van der Waals surface area contributed by atoms with Crippen molar-refractivity contribution in [1.29, 1.82) is 0 Å². The zero-order chi connectivity index (χ0) is 21.3. The highest BCUT2D eigenvalue weighted by Gasteiger charge is 2.35. The Bertz CT molecular complexity index is 1090. The van der Waals surface area contributed by atoms with Crippen molar-refractivity contribution in [3.05, 3.63) is 77.1 Å². The predicted octanol–water partition coefficient (Wildman–Crippen LogP) is 4.96. The molecule has 4 rings (SSSR count). The van der Waals surface area contributed by atoms with Crippen LogP contribution < -0.4 is 5.32 Å². The molecule has 154 valence electrons. The van der Waals surface area contributed by atoms with Gasteiger partial charge in [-0.3, -0.25) is 4.90 Å². The quantitative estimate of drug-likeness (QED) is 0.650. The molecule has 0 fully saturated rings. The molecule has 1 atom stereocenters. The summed E-state index contributed by atoms with van der Waals surface area (Å²) < 4.78 is 19.1. The summed E-state index contributed by atoms with van der Waals surface area (Å²) >= 11 is 0. The molecule has 0 radical (unpaired) electrons. The van der Waals surface area contributed by atoms with E-state index in [1.54, 1.807) is 17.0 Å². The zero-order valence-corrected chi connectivity index (χ0v) is 17.1. The van der Waals surface area contributed by atoms with Crippen LogP contribution in [0.25, 0.3) is 17.0 Å². The van der Waals surface area contributed by atoms with Crippen LogP contribution in [0, 0.1) is 5.82 Å². The molecular formula is C23H23FN4O2.